The van der Waals surface area contributed by atoms with Gasteiger partial charge in [0.1, 0.15) is 0 Å². The van der Waals surface area contributed by atoms with Gasteiger partial charge < -0.3 is 19.8 Å². The molecule has 2 fully saturated rings. The van der Waals surface area contributed by atoms with Gasteiger partial charge >= 0.3 is 0 Å². The highest BCUT2D eigenvalue weighted by molar-refractivity contribution is 5.91. The zero-order valence-corrected chi connectivity index (χ0v) is 19.3. The summed E-state index contributed by atoms with van der Waals surface area (Å²) in [6, 6.07) is 12.3. The van der Waals surface area contributed by atoms with E-state index in [1.54, 1.807) is 6.07 Å². The smallest absolute Gasteiger partial charge is 0.289 e. The SMILES string of the molecule is CCc1cc(C(=O)NC[C@@]2(c3ccccc3)CC[C@H](O)[C@@H](N3CCN(C)CC3)CC2)on1. The number of aryl methyl sites for hydroxylation is 1. The Kier molecular flexibility index (Phi) is 7.28. The van der Waals surface area contributed by atoms with Gasteiger partial charge in [0.2, 0.25) is 5.76 Å². The van der Waals surface area contributed by atoms with Gasteiger partial charge in [0.25, 0.3) is 5.91 Å². The number of aliphatic hydroxyl groups excluding tert-OH is 1. The zero-order valence-electron chi connectivity index (χ0n) is 19.3. The molecule has 3 atom stereocenters. The number of aromatic nitrogens is 1. The Hall–Kier alpha value is -2.22. The van der Waals surface area contributed by atoms with Crippen LogP contribution in [0.15, 0.2) is 40.9 Å². The van der Waals surface area contributed by atoms with Crippen LogP contribution in [0.1, 0.15) is 54.4 Å². The summed E-state index contributed by atoms with van der Waals surface area (Å²) in [6.07, 6.45) is 3.78. The lowest BCUT2D eigenvalue weighted by molar-refractivity contribution is 0.0200. The molecule has 7 nitrogen and oxygen atoms in total. The van der Waals surface area contributed by atoms with Crippen LogP contribution in [0, 0.1) is 0 Å². The minimum absolute atomic E-state index is 0.173. The molecule has 0 unspecified atom stereocenters. The fourth-order valence-corrected chi connectivity index (χ4v) is 5.22. The minimum Gasteiger partial charge on any atom is -0.391 e. The average Bonchev–Trinajstić information content (AvgIpc) is 3.25. The van der Waals surface area contributed by atoms with Crippen molar-refractivity contribution in [2.24, 2.45) is 0 Å². The maximum Gasteiger partial charge on any atom is 0.289 e. The molecule has 2 N–H and O–H groups in total. The van der Waals surface area contributed by atoms with Gasteiger partial charge in [-0.2, -0.15) is 0 Å². The molecule has 1 amide bonds. The number of aliphatic hydroxyl groups is 1. The summed E-state index contributed by atoms with van der Waals surface area (Å²) in [5.74, 6) is 0.0296. The summed E-state index contributed by atoms with van der Waals surface area (Å²) in [6.45, 7) is 6.58. The van der Waals surface area contributed by atoms with Gasteiger partial charge in [-0.1, -0.05) is 42.4 Å². The molecule has 2 heterocycles. The topological polar surface area (TPSA) is 81.8 Å². The zero-order chi connectivity index (χ0) is 22.6. The van der Waals surface area contributed by atoms with Crippen molar-refractivity contribution in [1.82, 2.24) is 20.3 Å². The van der Waals surface area contributed by atoms with Crippen LogP contribution in [0.25, 0.3) is 0 Å². The number of benzene rings is 1. The van der Waals surface area contributed by atoms with Gasteiger partial charge in [0.15, 0.2) is 0 Å². The van der Waals surface area contributed by atoms with Crippen molar-refractivity contribution in [1.29, 1.82) is 0 Å². The number of hydrogen-bond donors (Lipinski definition) is 2. The molecule has 174 valence electrons. The van der Waals surface area contributed by atoms with Gasteiger partial charge in [-0.25, -0.2) is 0 Å². The largest absolute Gasteiger partial charge is 0.391 e. The molecule has 1 saturated heterocycles. The lowest BCUT2D eigenvalue weighted by Crippen LogP contribution is -2.52. The molecule has 1 aromatic heterocycles. The highest BCUT2D eigenvalue weighted by atomic mass is 16.5. The van der Waals surface area contributed by atoms with Crippen LogP contribution >= 0.6 is 0 Å². The van der Waals surface area contributed by atoms with Gasteiger partial charge in [-0.3, -0.25) is 9.69 Å². The van der Waals surface area contributed by atoms with Crippen molar-refractivity contribution in [3.8, 4) is 0 Å². The maximum absolute atomic E-state index is 12.8. The Morgan fingerprint density at radius 1 is 1.19 bits per heavy atom. The lowest BCUT2D eigenvalue weighted by atomic mass is 9.74. The van der Waals surface area contributed by atoms with Crippen molar-refractivity contribution in [3.63, 3.8) is 0 Å². The molecular weight excluding hydrogens is 404 g/mol. The number of carbonyl (C=O) groups is 1. The van der Waals surface area contributed by atoms with E-state index in [2.05, 4.69) is 51.6 Å². The molecular formula is C25H36N4O3. The molecule has 0 spiro atoms. The number of nitrogens with zero attached hydrogens (tertiary/aromatic N) is 3. The van der Waals surface area contributed by atoms with Crippen LogP contribution in [0.5, 0.6) is 0 Å². The standard InChI is InChI=1S/C25H36N4O3/c1-3-20-17-23(32-27-20)24(31)26-18-25(19-7-5-4-6-8-19)11-9-21(22(30)10-12-25)29-15-13-28(2)14-16-29/h4-8,17,21-22,30H,3,9-16,18H2,1-2H3,(H,26,31)/t21-,22-,25-/m0/s1. The fraction of sp³-hybridized carbons (Fsp3) is 0.600. The number of hydrogen-bond acceptors (Lipinski definition) is 6. The van der Waals surface area contributed by atoms with E-state index < -0.39 is 0 Å². The van der Waals surface area contributed by atoms with Crippen molar-refractivity contribution < 1.29 is 14.4 Å². The monoisotopic (exact) mass is 440 g/mol. The van der Waals surface area contributed by atoms with Crippen LogP contribution in [-0.2, 0) is 11.8 Å². The van der Waals surface area contributed by atoms with E-state index in [0.717, 1.165) is 64.0 Å². The van der Waals surface area contributed by atoms with Gasteiger partial charge in [-0.15, -0.1) is 0 Å². The second kappa shape index (κ2) is 10.1. The van der Waals surface area contributed by atoms with Crippen molar-refractivity contribution >= 4 is 5.91 Å². The number of amides is 1. The first-order valence-electron chi connectivity index (χ1n) is 11.9. The Morgan fingerprint density at radius 2 is 1.91 bits per heavy atom. The van der Waals surface area contributed by atoms with Crippen LogP contribution in [0.4, 0.5) is 0 Å². The molecule has 1 aliphatic heterocycles. The second-order valence-corrected chi connectivity index (χ2v) is 9.42. The molecule has 7 heteroatoms. The Bertz CT molecular complexity index is 878. The van der Waals surface area contributed by atoms with Crippen LogP contribution in [0.3, 0.4) is 0 Å². The van der Waals surface area contributed by atoms with Gasteiger partial charge in [0.05, 0.1) is 11.8 Å². The molecule has 32 heavy (non-hydrogen) atoms. The summed E-state index contributed by atoms with van der Waals surface area (Å²) < 4.78 is 5.23. The first-order valence-corrected chi connectivity index (χ1v) is 11.9. The quantitative estimate of drug-likeness (QED) is 0.672. The summed E-state index contributed by atoms with van der Waals surface area (Å²) in [4.78, 5) is 17.6. The number of likely N-dealkylation sites (N-methyl/N-ethyl adjacent to an activating group) is 1. The molecule has 4 rings (SSSR count). The number of carbonyl (C=O) groups excluding carboxylic acids is 1. The van der Waals surface area contributed by atoms with Crippen LogP contribution in [0.2, 0.25) is 0 Å². The Labute approximate surface area is 190 Å². The third-order valence-electron chi connectivity index (χ3n) is 7.41. The summed E-state index contributed by atoms with van der Waals surface area (Å²) >= 11 is 0. The average molecular weight is 441 g/mol. The van der Waals surface area contributed by atoms with E-state index in [4.69, 9.17) is 4.52 Å². The van der Waals surface area contributed by atoms with E-state index in [1.165, 1.54) is 5.56 Å². The lowest BCUT2D eigenvalue weighted by Gasteiger charge is -2.39. The molecule has 2 aromatic rings. The maximum atomic E-state index is 12.8. The van der Waals surface area contributed by atoms with Crippen molar-refractivity contribution in [3.05, 3.63) is 53.4 Å². The van der Waals surface area contributed by atoms with Gasteiger partial charge in [0, 0.05) is 50.2 Å². The molecule has 1 aliphatic carbocycles. The fourth-order valence-electron chi connectivity index (χ4n) is 5.22. The first-order chi connectivity index (χ1) is 15.5. The van der Waals surface area contributed by atoms with E-state index in [-0.39, 0.29) is 29.2 Å². The van der Waals surface area contributed by atoms with E-state index in [0.29, 0.717) is 6.54 Å². The second-order valence-electron chi connectivity index (χ2n) is 9.42. The van der Waals surface area contributed by atoms with Crippen molar-refractivity contribution in [2.75, 3.05) is 39.8 Å². The molecule has 0 radical (unpaired) electrons. The predicted octanol–water partition coefficient (Wildman–Crippen LogP) is 2.46. The number of piperazine rings is 1. The van der Waals surface area contributed by atoms with Gasteiger partial charge in [-0.05, 0) is 44.7 Å². The van der Waals surface area contributed by atoms with E-state index in [9.17, 15) is 9.90 Å². The molecule has 2 aliphatic rings. The highest BCUT2D eigenvalue weighted by Crippen LogP contribution is 2.39. The third kappa shape index (κ3) is 5.05. The van der Waals surface area contributed by atoms with Crippen molar-refractivity contribution in [2.45, 2.75) is 56.6 Å². The number of nitrogens with one attached hydrogen (secondary N) is 1. The Balaban J connectivity index is 1.51. The summed E-state index contributed by atoms with van der Waals surface area (Å²) in [5, 5.41) is 18.1. The molecule has 1 aromatic carbocycles. The highest BCUT2D eigenvalue weighted by Gasteiger charge is 2.40. The number of rotatable bonds is 6. The predicted molar refractivity (Wildman–Crippen MR) is 124 cm³/mol. The first kappa shape index (κ1) is 23.0. The van der Waals surface area contributed by atoms with Crippen LogP contribution in [-0.4, -0.2) is 77.9 Å². The van der Waals surface area contributed by atoms with E-state index >= 15 is 0 Å². The Morgan fingerprint density at radius 3 is 2.59 bits per heavy atom. The van der Waals surface area contributed by atoms with E-state index in [1.807, 2.05) is 13.0 Å². The third-order valence-corrected chi connectivity index (χ3v) is 7.41. The van der Waals surface area contributed by atoms with Crippen LogP contribution < -0.4 is 5.32 Å². The minimum atomic E-state index is -0.346. The normalized spacial score (nSPS) is 27.7. The summed E-state index contributed by atoms with van der Waals surface area (Å²) in [7, 11) is 2.15. The summed E-state index contributed by atoms with van der Waals surface area (Å²) in [5.41, 5.74) is 1.78. The molecule has 1 saturated carbocycles. The molecule has 0 bridgehead atoms.